The van der Waals surface area contributed by atoms with Gasteiger partial charge in [-0.05, 0) is 0 Å². The molecule has 0 atom stereocenters. The molecule has 0 amide bonds. The smallest absolute Gasteiger partial charge is 0.219 e. The Morgan fingerprint density at radius 3 is 1.72 bits per heavy atom. The predicted molar refractivity (Wildman–Crippen MR) is 86.9 cm³/mol. The van der Waals surface area contributed by atoms with Crippen molar-refractivity contribution in [1.82, 2.24) is 0 Å². The highest BCUT2D eigenvalue weighted by atomic mass is 32.2. The second-order valence-corrected chi connectivity index (χ2v) is 9.18. The first kappa shape index (κ1) is 17.6. The Morgan fingerprint density at radius 1 is 1.00 bits per heavy atom. The van der Waals surface area contributed by atoms with Gasteiger partial charge in [-0.3, -0.25) is 4.79 Å². The molecule has 1 aromatic carbocycles. The maximum absolute atomic E-state index is 11.6. The van der Waals surface area contributed by atoms with Crippen molar-refractivity contribution >= 4 is 29.5 Å². The van der Waals surface area contributed by atoms with Gasteiger partial charge < -0.3 is 0 Å². The summed E-state index contributed by atoms with van der Waals surface area (Å²) >= 11 is 5.49. The molecule has 0 aliphatic carbocycles. The summed E-state index contributed by atoms with van der Waals surface area (Å²) in [6.07, 6.45) is 0. The normalized spacial score (nSPS) is 11.5. The zero-order valence-corrected chi connectivity index (χ0v) is 13.9. The van der Waals surface area contributed by atoms with E-state index in [-0.39, 0.29) is 14.6 Å². The summed E-state index contributed by atoms with van der Waals surface area (Å²) in [5.41, 5.74) is 0.780. The molecule has 0 spiro atoms. The summed E-state index contributed by atoms with van der Waals surface area (Å²) in [7, 11) is 0. The third-order valence-corrected chi connectivity index (χ3v) is 2.44. The van der Waals surface area contributed by atoms with E-state index in [0.29, 0.717) is 0 Å². The molecule has 0 unspecified atom stereocenters. The van der Waals surface area contributed by atoms with Crippen LogP contribution in [0.3, 0.4) is 0 Å². The van der Waals surface area contributed by atoms with Crippen LogP contribution in [-0.2, 0) is 0 Å². The quantitative estimate of drug-likeness (QED) is 0.725. The van der Waals surface area contributed by atoms with Crippen molar-refractivity contribution in [1.29, 1.82) is 0 Å². The lowest BCUT2D eigenvalue weighted by Crippen LogP contribution is -2.11. The van der Waals surface area contributed by atoms with E-state index in [1.807, 2.05) is 51.1 Å². The second kappa shape index (κ2) is 7.25. The minimum Gasteiger partial charge on any atom is -0.282 e. The van der Waals surface area contributed by atoms with E-state index < -0.39 is 0 Å². The SMILES string of the molecule is CC(C)(C)S.CC(C)(C)SC(=O)c1ccccc1. The van der Waals surface area contributed by atoms with Gasteiger partial charge in [-0.15, -0.1) is 0 Å². The van der Waals surface area contributed by atoms with Crippen LogP contribution in [0.25, 0.3) is 0 Å². The summed E-state index contributed by atoms with van der Waals surface area (Å²) in [5.74, 6) is 0. The van der Waals surface area contributed by atoms with Gasteiger partial charge in [0.2, 0.25) is 5.12 Å². The Labute approximate surface area is 121 Å². The number of thiol groups is 1. The van der Waals surface area contributed by atoms with E-state index in [1.165, 1.54) is 11.8 Å². The summed E-state index contributed by atoms with van der Waals surface area (Å²) in [6.45, 7) is 12.3. The Kier molecular flexibility index (Phi) is 7.08. The molecule has 102 valence electrons. The molecule has 3 heteroatoms. The molecule has 1 nitrogen and oxygen atoms in total. The number of hydrogen-bond donors (Lipinski definition) is 1. The first-order chi connectivity index (χ1) is 7.99. The van der Waals surface area contributed by atoms with Crippen LogP contribution in [0.4, 0.5) is 0 Å². The second-order valence-electron chi connectivity index (χ2n) is 6.04. The van der Waals surface area contributed by atoms with Crippen LogP contribution >= 0.6 is 24.4 Å². The van der Waals surface area contributed by atoms with Crippen LogP contribution in [-0.4, -0.2) is 14.6 Å². The number of benzene rings is 1. The Balaban J connectivity index is 0.000000494. The van der Waals surface area contributed by atoms with Crippen LogP contribution < -0.4 is 0 Å². The number of carbonyl (C=O) groups excluding carboxylic acids is 1. The zero-order chi connectivity index (χ0) is 14.4. The highest BCUT2D eigenvalue weighted by Gasteiger charge is 2.17. The highest BCUT2D eigenvalue weighted by molar-refractivity contribution is 8.15. The predicted octanol–water partition coefficient (Wildman–Crippen LogP) is 5.07. The molecule has 18 heavy (non-hydrogen) atoms. The fourth-order valence-electron chi connectivity index (χ4n) is 0.911. The lowest BCUT2D eigenvalue weighted by molar-refractivity contribution is 0.108. The van der Waals surface area contributed by atoms with Crippen LogP contribution in [0.15, 0.2) is 30.3 Å². The Hall–Kier alpha value is -0.410. The fraction of sp³-hybridized carbons (Fsp3) is 0.533. The summed E-state index contributed by atoms with van der Waals surface area (Å²) < 4.78 is 0.187. The maximum Gasteiger partial charge on any atom is 0.219 e. The number of thioether (sulfide) groups is 1. The molecule has 0 aromatic heterocycles. The molecular formula is C15H24OS2. The van der Waals surface area contributed by atoms with Crippen LogP contribution in [0.2, 0.25) is 0 Å². The topological polar surface area (TPSA) is 17.1 Å². The zero-order valence-electron chi connectivity index (χ0n) is 12.2. The van der Waals surface area contributed by atoms with Gasteiger partial charge in [-0.25, -0.2) is 0 Å². The summed E-state index contributed by atoms with van der Waals surface area (Å²) in [6, 6.07) is 9.38. The number of rotatable bonds is 1. The molecule has 0 fully saturated rings. The molecule has 0 saturated heterocycles. The molecule has 1 aromatic rings. The fourth-order valence-corrected chi connectivity index (χ4v) is 1.72. The van der Waals surface area contributed by atoms with E-state index in [1.54, 1.807) is 0 Å². The third-order valence-electron chi connectivity index (χ3n) is 1.41. The van der Waals surface area contributed by atoms with Gasteiger partial charge in [0.25, 0.3) is 0 Å². The number of carbonyl (C=O) groups is 1. The van der Waals surface area contributed by atoms with Crippen LogP contribution in [0.5, 0.6) is 0 Å². The monoisotopic (exact) mass is 284 g/mol. The third kappa shape index (κ3) is 12.1. The standard InChI is InChI=1S/C11H14OS.C4H10S/c1-11(2,3)13-10(12)9-7-5-4-6-8-9;1-4(2,3)5/h4-8H,1-3H3;5H,1-3H3. The van der Waals surface area contributed by atoms with Crippen molar-refractivity contribution < 1.29 is 4.79 Å². The molecule has 1 rings (SSSR count). The van der Waals surface area contributed by atoms with Gasteiger partial charge in [-0.2, -0.15) is 12.6 Å². The largest absolute Gasteiger partial charge is 0.282 e. The van der Waals surface area contributed by atoms with Gasteiger partial charge in [-0.1, -0.05) is 83.6 Å². The van der Waals surface area contributed by atoms with Gasteiger partial charge in [0.1, 0.15) is 0 Å². The van der Waals surface area contributed by atoms with E-state index >= 15 is 0 Å². The minimum atomic E-state index is -0.00702. The summed E-state index contributed by atoms with van der Waals surface area (Å²) in [4.78, 5) is 11.6. The lowest BCUT2D eigenvalue weighted by Gasteiger charge is -2.15. The maximum atomic E-state index is 11.6. The lowest BCUT2D eigenvalue weighted by atomic mass is 10.2. The Bertz CT molecular complexity index is 352. The average Bonchev–Trinajstić information content (AvgIpc) is 2.14. The molecule has 0 aliphatic rings. The molecule has 0 radical (unpaired) electrons. The summed E-state index contributed by atoms with van der Waals surface area (Å²) in [5, 5.41) is 0.146. The van der Waals surface area contributed by atoms with E-state index in [9.17, 15) is 4.79 Å². The van der Waals surface area contributed by atoms with Gasteiger partial charge in [0.15, 0.2) is 0 Å². The first-order valence-electron chi connectivity index (χ1n) is 6.00. The van der Waals surface area contributed by atoms with Crippen molar-refractivity contribution in [2.24, 2.45) is 0 Å². The van der Waals surface area contributed by atoms with Crippen molar-refractivity contribution in [3.05, 3.63) is 35.9 Å². The molecule has 0 bridgehead atoms. The Morgan fingerprint density at radius 2 is 1.39 bits per heavy atom. The van der Waals surface area contributed by atoms with Crippen molar-refractivity contribution in [3.8, 4) is 0 Å². The highest BCUT2D eigenvalue weighted by Crippen LogP contribution is 2.26. The minimum absolute atomic E-state index is 0.00702. The van der Waals surface area contributed by atoms with Crippen LogP contribution in [0.1, 0.15) is 51.9 Å². The van der Waals surface area contributed by atoms with Crippen LogP contribution in [0, 0.1) is 0 Å². The van der Waals surface area contributed by atoms with E-state index in [4.69, 9.17) is 0 Å². The molecule has 0 aliphatic heterocycles. The van der Waals surface area contributed by atoms with Gasteiger partial charge >= 0.3 is 0 Å². The number of hydrogen-bond acceptors (Lipinski definition) is 3. The van der Waals surface area contributed by atoms with E-state index in [0.717, 1.165) is 5.56 Å². The van der Waals surface area contributed by atoms with Gasteiger partial charge in [0, 0.05) is 15.1 Å². The van der Waals surface area contributed by atoms with Crippen molar-refractivity contribution in [2.75, 3.05) is 0 Å². The van der Waals surface area contributed by atoms with E-state index in [2.05, 4.69) is 33.4 Å². The van der Waals surface area contributed by atoms with Gasteiger partial charge in [0.05, 0.1) is 0 Å². The molecule has 0 N–H and O–H groups in total. The molecular weight excluding hydrogens is 260 g/mol. The van der Waals surface area contributed by atoms with Crippen molar-refractivity contribution in [2.45, 2.75) is 51.0 Å². The van der Waals surface area contributed by atoms with Crippen molar-refractivity contribution in [3.63, 3.8) is 0 Å². The first-order valence-corrected chi connectivity index (χ1v) is 7.26. The molecule has 0 heterocycles. The average molecular weight is 284 g/mol. The molecule has 0 saturated carbocycles.